The van der Waals surface area contributed by atoms with Gasteiger partial charge in [-0.2, -0.15) is 4.52 Å². The van der Waals surface area contributed by atoms with Gasteiger partial charge in [0.2, 0.25) is 14.9 Å². The van der Waals surface area contributed by atoms with E-state index >= 15 is 0 Å². The summed E-state index contributed by atoms with van der Waals surface area (Å²) in [7, 11) is -3.89. The van der Waals surface area contributed by atoms with Crippen LogP contribution in [0.5, 0.6) is 0 Å². The quantitative estimate of drug-likeness (QED) is 0.495. The second-order valence-electron chi connectivity index (χ2n) is 7.09. The molecule has 148 valence electrons. The minimum absolute atomic E-state index is 0.110. The van der Waals surface area contributed by atoms with Gasteiger partial charge in [0.25, 0.3) is 0 Å². The molecule has 2 aromatic heterocycles. The van der Waals surface area contributed by atoms with Gasteiger partial charge in [-0.1, -0.05) is 28.9 Å². The summed E-state index contributed by atoms with van der Waals surface area (Å²) in [6, 6.07) is 13.8. The molecule has 9 heteroatoms. The van der Waals surface area contributed by atoms with Crippen molar-refractivity contribution < 1.29 is 8.42 Å². The van der Waals surface area contributed by atoms with Crippen LogP contribution in [0.15, 0.2) is 58.5 Å². The van der Waals surface area contributed by atoms with E-state index in [4.69, 9.17) is 16.6 Å². The molecular weight excluding hydrogens is 410 g/mol. The summed E-state index contributed by atoms with van der Waals surface area (Å²) in [6.07, 6.45) is 3.38. The van der Waals surface area contributed by atoms with Gasteiger partial charge < -0.3 is 4.90 Å². The average Bonchev–Trinajstić information content (AvgIpc) is 3.19. The molecule has 7 nitrogen and oxygen atoms in total. The van der Waals surface area contributed by atoms with E-state index in [1.54, 1.807) is 12.1 Å². The minimum atomic E-state index is -3.89. The fraction of sp³-hybridized carbons (Fsp3) is 0.250. The first kappa shape index (κ1) is 18.3. The number of piperidine rings is 1. The maximum Gasteiger partial charge on any atom is 0.229 e. The van der Waals surface area contributed by atoms with Crippen molar-refractivity contribution in [1.82, 2.24) is 19.8 Å². The van der Waals surface area contributed by atoms with Crippen molar-refractivity contribution in [3.05, 3.63) is 53.6 Å². The fourth-order valence-corrected chi connectivity index (χ4v) is 5.13. The molecule has 1 saturated heterocycles. The maximum absolute atomic E-state index is 13.2. The van der Waals surface area contributed by atoms with Crippen LogP contribution < -0.4 is 4.90 Å². The molecule has 0 aliphatic carbocycles. The monoisotopic (exact) mass is 427 g/mol. The van der Waals surface area contributed by atoms with Crippen LogP contribution >= 0.6 is 11.6 Å². The third-order valence-electron chi connectivity index (χ3n) is 5.24. The highest BCUT2D eigenvalue weighted by Crippen LogP contribution is 2.31. The zero-order valence-corrected chi connectivity index (χ0v) is 17.1. The second-order valence-corrected chi connectivity index (χ2v) is 9.39. The molecule has 1 fully saturated rings. The molecule has 0 radical (unpaired) electrons. The van der Waals surface area contributed by atoms with Crippen LogP contribution in [0.2, 0.25) is 5.02 Å². The Bertz CT molecular complexity index is 1310. The Morgan fingerprint density at radius 2 is 1.66 bits per heavy atom. The van der Waals surface area contributed by atoms with Crippen LogP contribution in [-0.2, 0) is 9.84 Å². The number of para-hydroxylation sites is 1. The number of nitrogens with zero attached hydrogens (tertiary/aromatic N) is 5. The smallest absolute Gasteiger partial charge is 0.229 e. The fourth-order valence-electron chi connectivity index (χ4n) is 3.77. The molecule has 0 bridgehead atoms. The van der Waals surface area contributed by atoms with Crippen molar-refractivity contribution in [1.29, 1.82) is 0 Å². The van der Waals surface area contributed by atoms with E-state index in [0.29, 0.717) is 5.02 Å². The summed E-state index contributed by atoms with van der Waals surface area (Å²) in [5.41, 5.74) is 1.02. The molecule has 3 heterocycles. The number of aromatic nitrogens is 4. The Morgan fingerprint density at radius 1 is 0.931 bits per heavy atom. The Morgan fingerprint density at radius 3 is 2.41 bits per heavy atom. The first-order valence-electron chi connectivity index (χ1n) is 9.45. The Kier molecular flexibility index (Phi) is 4.40. The maximum atomic E-state index is 13.2. The van der Waals surface area contributed by atoms with E-state index in [2.05, 4.69) is 15.2 Å². The molecule has 1 aliphatic heterocycles. The van der Waals surface area contributed by atoms with Gasteiger partial charge in [-0.15, -0.1) is 5.10 Å². The third-order valence-corrected chi connectivity index (χ3v) is 7.15. The molecule has 0 atom stereocenters. The lowest BCUT2D eigenvalue weighted by Crippen LogP contribution is -2.30. The van der Waals surface area contributed by atoms with Crippen LogP contribution in [-0.4, -0.2) is 41.3 Å². The third kappa shape index (κ3) is 3.03. The number of halogens is 1. The van der Waals surface area contributed by atoms with Gasteiger partial charge in [0.1, 0.15) is 5.82 Å². The van der Waals surface area contributed by atoms with Crippen LogP contribution in [0.3, 0.4) is 0 Å². The van der Waals surface area contributed by atoms with Gasteiger partial charge in [0, 0.05) is 23.5 Å². The molecule has 0 unspecified atom stereocenters. The van der Waals surface area contributed by atoms with Crippen molar-refractivity contribution >= 4 is 43.8 Å². The summed E-state index contributed by atoms with van der Waals surface area (Å²) in [5, 5.41) is 9.39. The molecule has 5 rings (SSSR count). The number of rotatable bonds is 3. The zero-order chi connectivity index (χ0) is 20.0. The zero-order valence-electron chi connectivity index (χ0n) is 15.5. The number of hydrogen-bond donors (Lipinski definition) is 0. The van der Waals surface area contributed by atoms with E-state index in [0.717, 1.165) is 42.7 Å². The Hall–Kier alpha value is -2.71. The van der Waals surface area contributed by atoms with Gasteiger partial charge >= 0.3 is 0 Å². The lowest BCUT2D eigenvalue weighted by molar-refractivity contribution is 0.575. The highest BCUT2D eigenvalue weighted by Gasteiger charge is 2.28. The summed E-state index contributed by atoms with van der Waals surface area (Å²) in [6.45, 7) is 1.79. The molecule has 29 heavy (non-hydrogen) atoms. The van der Waals surface area contributed by atoms with Crippen LogP contribution in [0.4, 0.5) is 5.82 Å². The van der Waals surface area contributed by atoms with Gasteiger partial charge in [-0.25, -0.2) is 13.4 Å². The van der Waals surface area contributed by atoms with E-state index in [1.807, 2.05) is 24.3 Å². The van der Waals surface area contributed by atoms with Crippen LogP contribution in [0.1, 0.15) is 19.3 Å². The van der Waals surface area contributed by atoms with Crippen LogP contribution in [0, 0.1) is 0 Å². The highest BCUT2D eigenvalue weighted by atomic mass is 35.5. The predicted octanol–water partition coefficient (Wildman–Crippen LogP) is 3.75. The summed E-state index contributed by atoms with van der Waals surface area (Å²) >= 11 is 5.91. The molecule has 0 N–H and O–H groups in total. The first-order valence-corrected chi connectivity index (χ1v) is 11.3. The summed E-state index contributed by atoms with van der Waals surface area (Å²) in [4.78, 5) is 7.08. The Labute approximate surface area is 172 Å². The molecule has 0 amide bonds. The molecule has 0 spiro atoms. The number of hydrogen-bond acceptors (Lipinski definition) is 6. The number of fused-ring (bicyclic) bond motifs is 3. The van der Waals surface area contributed by atoms with Crippen molar-refractivity contribution in [2.75, 3.05) is 18.0 Å². The van der Waals surface area contributed by atoms with Crippen molar-refractivity contribution in [3.8, 4) is 0 Å². The van der Waals surface area contributed by atoms with Crippen molar-refractivity contribution in [2.45, 2.75) is 29.2 Å². The number of sulfone groups is 1. The summed E-state index contributed by atoms with van der Waals surface area (Å²) in [5.74, 6) is 0.780. The Balaban J connectivity index is 1.76. The second kappa shape index (κ2) is 6.96. The van der Waals surface area contributed by atoms with Crippen molar-refractivity contribution in [3.63, 3.8) is 0 Å². The minimum Gasteiger partial charge on any atom is -0.356 e. The van der Waals surface area contributed by atoms with Crippen molar-refractivity contribution in [2.24, 2.45) is 0 Å². The molecule has 2 aromatic carbocycles. The topological polar surface area (TPSA) is 80.5 Å². The molecule has 4 aromatic rings. The number of anilines is 1. The molecule has 0 saturated carbocycles. The van der Waals surface area contributed by atoms with E-state index in [-0.39, 0.29) is 15.6 Å². The van der Waals surface area contributed by atoms with E-state index in [1.165, 1.54) is 23.1 Å². The lowest BCUT2D eigenvalue weighted by Gasteiger charge is -2.28. The van der Waals surface area contributed by atoms with Gasteiger partial charge in [-0.3, -0.25) is 0 Å². The van der Waals surface area contributed by atoms with Gasteiger partial charge in [-0.05, 0) is 55.7 Å². The van der Waals surface area contributed by atoms with E-state index < -0.39 is 9.84 Å². The molecule has 1 aliphatic rings. The average molecular weight is 428 g/mol. The number of benzene rings is 2. The summed E-state index contributed by atoms with van der Waals surface area (Å²) < 4.78 is 28.0. The van der Waals surface area contributed by atoms with Crippen LogP contribution in [0.25, 0.3) is 16.6 Å². The molecular formula is C20H18ClN5O2S. The van der Waals surface area contributed by atoms with Gasteiger partial charge in [0.15, 0.2) is 5.65 Å². The first-order chi connectivity index (χ1) is 14.1. The largest absolute Gasteiger partial charge is 0.356 e. The lowest BCUT2D eigenvalue weighted by atomic mass is 10.1. The normalized spacial score (nSPS) is 15.3. The highest BCUT2D eigenvalue weighted by molar-refractivity contribution is 7.91. The SMILES string of the molecule is O=S(=O)(c1ccc(Cl)cc1)c1nnn2c1nc(N1CCCCC1)c1ccccc12. The van der Waals surface area contributed by atoms with E-state index in [9.17, 15) is 8.42 Å². The standard InChI is InChI=1S/C20H18ClN5O2S/c21-14-8-10-15(11-9-14)29(27,28)20-19-22-18(25-12-4-1-5-13-25)16-6-2-3-7-17(16)26(19)24-23-20/h2-3,6-11H,1,4-5,12-13H2. The van der Waals surface area contributed by atoms with Gasteiger partial charge in [0.05, 0.1) is 10.4 Å². The predicted molar refractivity (Wildman–Crippen MR) is 111 cm³/mol.